The van der Waals surface area contributed by atoms with Crippen molar-refractivity contribution in [1.29, 1.82) is 0 Å². The average molecular weight is 191 g/mol. The topological polar surface area (TPSA) is 55.7 Å². The minimum absolute atomic E-state index is 0.138. The molecule has 1 rings (SSSR count). The molecule has 5 heteroatoms. The maximum atomic E-state index is 11.0. The molecule has 1 saturated heterocycles. The van der Waals surface area contributed by atoms with E-state index in [-0.39, 0.29) is 11.7 Å². The van der Waals surface area contributed by atoms with Gasteiger partial charge < -0.3 is 4.84 Å². The summed E-state index contributed by atoms with van der Waals surface area (Å²) in [6.07, 6.45) is 2.25. The molecule has 0 spiro atoms. The summed E-state index contributed by atoms with van der Waals surface area (Å²) in [5.74, 6) is 0.696. The predicted molar refractivity (Wildman–Crippen MR) is 46.9 cm³/mol. The van der Waals surface area contributed by atoms with Gasteiger partial charge in [0.05, 0.1) is 11.5 Å². The minimum atomic E-state index is -2.76. The summed E-state index contributed by atoms with van der Waals surface area (Å²) in [7, 11) is -2.76. The Hall–Kier alpha value is -0.580. The molecule has 4 nitrogen and oxygen atoms in total. The van der Waals surface area contributed by atoms with Gasteiger partial charge in [-0.3, -0.25) is 0 Å². The molecule has 1 unspecified atom stereocenters. The van der Waals surface area contributed by atoms with Gasteiger partial charge in [0, 0.05) is 12.1 Å². The van der Waals surface area contributed by atoms with Crippen LogP contribution in [0, 0.1) is 5.92 Å². The number of sulfone groups is 1. The lowest BCUT2D eigenvalue weighted by Crippen LogP contribution is -2.09. The van der Waals surface area contributed by atoms with Crippen LogP contribution in [0.15, 0.2) is 5.16 Å². The Labute approximate surface area is 72.5 Å². The van der Waals surface area contributed by atoms with E-state index in [0.717, 1.165) is 0 Å². The maximum Gasteiger partial charge on any atom is 0.150 e. The van der Waals surface area contributed by atoms with Gasteiger partial charge >= 0.3 is 0 Å². The molecule has 1 fully saturated rings. The second kappa shape index (κ2) is 3.89. The highest BCUT2D eigenvalue weighted by atomic mass is 32.2. The molecule has 1 aliphatic rings. The minimum Gasteiger partial charge on any atom is -0.396 e. The van der Waals surface area contributed by atoms with Crippen LogP contribution in [-0.2, 0) is 14.7 Å². The van der Waals surface area contributed by atoms with Crippen LogP contribution >= 0.6 is 0 Å². The van der Waals surface area contributed by atoms with Gasteiger partial charge in [-0.05, 0) is 13.3 Å². The van der Waals surface area contributed by atoms with E-state index >= 15 is 0 Å². The zero-order chi connectivity index (χ0) is 9.03. The zero-order valence-corrected chi connectivity index (χ0v) is 7.88. The standard InChI is InChI=1S/C7H13NO3S/c1-2-8-11-5-7-3-4-12(9,10)6-7/h2,7H,3-6H2,1H3/b8-2-. The molecule has 1 atom stereocenters. The second-order valence-electron chi connectivity index (χ2n) is 2.93. The lowest BCUT2D eigenvalue weighted by molar-refractivity contribution is 0.116. The predicted octanol–water partition coefficient (Wildman–Crippen LogP) is 0.443. The number of rotatable bonds is 3. The highest BCUT2D eigenvalue weighted by Crippen LogP contribution is 2.18. The molecule has 0 saturated carbocycles. The van der Waals surface area contributed by atoms with Gasteiger partial charge in [-0.1, -0.05) is 5.16 Å². The molecule has 1 heterocycles. The Kier molecular flexibility index (Phi) is 3.08. The summed E-state index contributed by atoms with van der Waals surface area (Å²) >= 11 is 0. The molecule has 0 N–H and O–H groups in total. The van der Waals surface area contributed by atoms with Gasteiger partial charge in [0.2, 0.25) is 0 Å². The van der Waals surface area contributed by atoms with Crippen LogP contribution < -0.4 is 0 Å². The van der Waals surface area contributed by atoms with Crippen LogP contribution in [-0.4, -0.2) is 32.7 Å². The van der Waals surface area contributed by atoms with E-state index in [1.165, 1.54) is 0 Å². The normalized spacial score (nSPS) is 27.9. The first-order chi connectivity index (χ1) is 5.64. The second-order valence-corrected chi connectivity index (χ2v) is 5.16. The van der Waals surface area contributed by atoms with E-state index in [9.17, 15) is 8.42 Å². The van der Waals surface area contributed by atoms with Crippen molar-refractivity contribution < 1.29 is 13.3 Å². The molecule has 0 radical (unpaired) electrons. The van der Waals surface area contributed by atoms with Gasteiger partial charge in [-0.15, -0.1) is 0 Å². The lowest BCUT2D eigenvalue weighted by atomic mass is 10.1. The third-order valence-corrected chi connectivity index (χ3v) is 3.65. The quantitative estimate of drug-likeness (QED) is 0.480. The molecular weight excluding hydrogens is 178 g/mol. The highest BCUT2D eigenvalue weighted by Gasteiger charge is 2.28. The molecule has 0 aromatic heterocycles. The number of nitrogens with zero attached hydrogens (tertiary/aromatic N) is 1. The van der Waals surface area contributed by atoms with Crippen molar-refractivity contribution in [2.24, 2.45) is 11.1 Å². The highest BCUT2D eigenvalue weighted by molar-refractivity contribution is 7.91. The lowest BCUT2D eigenvalue weighted by Gasteiger charge is -2.03. The van der Waals surface area contributed by atoms with Crippen molar-refractivity contribution in [1.82, 2.24) is 0 Å². The Bertz CT molecular complexity index is 258. The molecular formula is C7H13NO3S. The summed E-state index contributed by atoms with van der Waals surface area (Å²) in [5.41, 5.74) is 0. The van der Waals surface area contributed by atoms with E-state index in [2.05, 4.69) is 5.16 Å². The molecule has 12 heavy (non-hydrogen) atoms. The van der Waals surface area contributed by atoms with Crippen molar-refractivity contribution in [3.63, 3.8) is 0 Å². The van der Waals surface area contributed by atoms with E-state index in [1.54, 1.807) is 13.1 Å². The molecule has 0 amide bonds. The number of hydrogen-bond donors (Lipinski definition) is 0. The van der Waals surface area contributed by atoms with Crippen LogP contribution in [0.3, 0.4) is 0 Å². The van der Waals surface area contributed by atoms with Crippen molar-refractivity contribution in [3.8, 4) is 0 Å². The van der Waals surface area contributed by atoms with E-state index in [1.807, 2.05) is 0 Å². The zero-order valence-electron chi connectivity index (χ0n) is 7.06. The van der Waals surface area contributed by atoms with E-state index < -0.39 is 9.84 Å². The Morgan fingerprint density at radius 2 is 2.42 bits per heavy atom. The van der Waals surface area contributed by atoms with Crippen LogP contribution in [0.5, 0.6) is 0 Å². The van der Waals surface area contributed by atoms with Crippen LogP contribution in [0.1, 0.15) is 13.3 Å². The Morgan fingerprint density at radius 3 is 2.92 bits per heavy atom. The fraction of sp³-hybridized carbons (Fsp3) is 0.857. The van der Waals surface area contributed by atoms with Gasteiger partial charge in [-0.25, -0.2) is 8.42 Å². The van der Waals surface area contributed by atoms with E-state index in [4.69, 9.17) is 4.84 Å². The number of oxime groups is 1. The Balaban J connectivity index is 2.29. The third kappa shape index (κ3) is 2.81. The smallest absolute Gasteiger partial charge is 0.150 e. The summed E-state index contributed by atoms with van der Waals surface area (Å²) in [6.45, 7) is 2.18. The van der Waals surface area contributed by atoms with Crippen LogP contribution in [0.25, 0.3) is 0 Å². The fourth-order valence-corrected chi connectivity index (χ4v) is 3.07. The van der Waals surface area contributed by atoms with Gasteiger partial charge in [0.15, 0.2) is 9.84 Å². The van der Waals surface area contributed by atoms with Crippen molar-refractivity contribution in [3.05, 3.63) is 0 Å². The van der Waals surface area contributed by atoms with Gasteiger partial charge in [0.25, 0.3) is 0 Å². The van der Waals surface area contributed by atoms with Crippen LogP contribution in [0.2, 0.25) is 0 Å². The Morgan fingerprint density at radius 1 is 1.67 bits per heavy atom. The first-order valence-corrected chi connectivity index (χ1v) is 5.76. The molecule has 70 valence electrons. The van der Waals surface area contributed by atoms with Gasteiger partial charge in [-0.2, -0.15) is 0 Å². The molecule has 1 aliphatic heterocycles. The summed E-state index contributed by atoms with van der Waals surface area (Å²) < 4.78 is 22.0. The van der Waals surface area contributed by atoms with Crippen molar-refractivity contribution in [2.75, 3.05) is 18.1 Å². The summed E-state index contributed by atoms with van der Waals surface area (Å²) in [5, 5.41) is 3.56. The monoisotopic (exact) mass is 191 g/mol. The SMILES string of the molecule is C/C=N\OCC1CCS(=O)(=O)C1. The largest absolute Gasteiger partial charge is 0.396 e. The van der Waals surface area contributed by atoms with Crippen LogP contribution in [0.4, 0.5) is 0 Å². The van der Waals surface area contributed by atoms with Crippen molar-refractivity contribution in [2.45, 2.75) is 13.3 Å². The van der Waals surface area contributed by atoms with Crippen molar-refractivity contribution >= 4 is 16.1 Å². The number of hydrogen-bond acceptors (Lipinski definition) is 4. The maximum absolute atomic E-state index is 11.0. The first-order valence-electron chi connectivity index (χ1n) is 3.94. The summed E-state index contributed by atoms with van der Waals surface area (Å²) in [6, 6.07) is 0. The van der Waals surface area contributed by atoms with E-state index in [0.29, 0.717) is 18.8 Å². The molecule has 0 aromatic carbocycles. The molecule has 0 aliphatic carbocycles. The molecule has 0 bridgehead atoms. The van der Waals surface area contributed by atoms with Gasteiger partial charge in [0.1, 0.15) is 6.61 Å². The summed E-state index contributed by atoms with van der Waals surface area (Å²) in [4.78, 5) is 4.87. The third-order valence-electron chi connectivity index (χ3n) is 1.82. The fourth-order valence-electron chi connectivity index (χ4n) is 1.23. The average Bonchev–Trinajstić information content (AvgIpc) is 2.31. The first kappa shape index (κ1) is 9.51. The molecule has 0 aromatic rings.